The Labute approximate surface area is 160 Å². The first-order valence-corrected chi connectivity index (χ1v) is 9.69. The number of nitrogens with zero attached hydrogens (tertiary/aromatic N) is 1. The Bertz CT molecular complexity index is 785. The number of nitrogens with one attached hydrogen (secondary N) is 1. The van der Waals surface area contributed by atoms with Crippen molar-refractivity contribution in [2.45, 2.75) is 65.1 Å². The van der Waals surface area contributed by atoms with Gasteiger partial charge in [-0.3, -0.25) is 4.79 Å². The van der Waals surface area contributed by atoms with Crippen LogP contribution in [0.15, 0.2) is 22.6 Å². The smallest absolute Gasteiger partial charge is 0.253 e. The standard InChI is InChI=1S/C21H30N2O4/c1-13(2)18(26-12-15-7-6-10-25-15)19(24)22-14-8-9-17-16(11-14)23-20(27-17)21(3,4)5/h8-9,11,13,15,18H,6-7,10,12H2,1-5H3,(H,22,24)/t15-,18+/m1/s1. The van der Waals surface area contributed by atoms with Crippen molar-refractivity contribution in [2.24, 2.45) is 5.92 Å². The third kappa shape index (κ3) is 4.87. The molecule has 148 valence electrons. The third-order valence-corrected chi connectivity index (χ3v) is 4.65. The largest absolute Gasteiger partial charge is 0.440 e. The van der Waals surface area contributed by atoms with E-state index in [9.17, 15) is 4.79 Å². The van der Waals surface area contributed by atoms with Crippen molar-refractivity contribution in [1.82, 2.24) is 4.98 Å². The quantitative estimate of drug-likeness (QED) is 0.817. The Morgan fingerprint density at radius 1 is 1.37 bits per heavy atom. The van der Waals surface area contributed by atoms with Crippen LogP contribution in [0.1, 0.15) is 53.4 Å². The summed E-state index contributed by atoms with van der Waals surface area (Å²) in [7, 11) is 0. The van der Waals surface area contributed by atoms with Gasteiger partial charge in [0.05, 0.1) is 12.7 Å². The summed E-state index contributed by atoms with van der Waals surface area (Å²) >= 11 is 0. The molecule has 0 spiro atoms. The molecule has 0 aliphatic carbocycles. The fourth-order valence-corrected chi connectivity index (χ4v) is 3.10. The van der Waals surface area contributed by atoms with Gasteiger partial charge in [0.1, 0.15) is 11.6 Å². The Balaban J connectivity index is 1.68. The number of carbonyl (C=O) groups excluding carboxylic acids is 1. The second kappa shape index (κ2) is 7.98. The van der Waals surface area contributed by atoms with Crippen LogP contribution in [-0.2, 0) is 19.7 Å². The first-order chi connectivity index (χ1) is 12.7. The van der Waals surface area contributed by atoms with E-state index < -0.39 is 6.10 Å². The van der Waals surface area contributed by atoms with Crippen LogP contribution < -0.4 is 5.32 Å². The first kappa shape index (κ1) is 19.8. The van der Waals surface area contributed by atoms with Gasteiger partial charge in [0.15, 0.2) is 5.58 Å². The molecule has 1 aliphatic rings. The van der Waals surface area contributed by atoms with Crippen molar-refractivity contribution in [1.29, 1.82) is 0 Å². The molecule has 0 bridgehead atoms. The molecule has 27 heavy (non-hydrogen) atoms. The van der Waals surface area contributed by atoms with Gasteiger partial charge >= 0.3 is 0 Å². The predicted molar refractivity (Wildman–Crippen MR) is 105 cm³/mol. The maximum absolute atomic E-state index is 12.7. The second-order valence-electron chi connectivity index (χ2n) is 8.57. The molecular weight excluding hydrogens is 344 g/mol. The van der Waals surface area contributed by atoms with Gasteiger partial charge in [0.25, 0.3) is 5.91 Å². The lowest BCUT2D eigenvalue weighted by Crippen LogP contribution is -2.36. The van der Waals surface area contributed by atoms with Gasteiger partial charge in [-0.2, -0.15) is 0 Å². The normalized spacial score (nSPS) is 19.0. The SMILES string of the molecule is CC(C)[C@H](OC[C@H]1CCCO1)C(=O)Nc1ccc2oc(C(C)(C)C)nc2c1. The highest BCUT2D eigenvalue weighted by Gasteiger charge is 2.26. The van der Waals surface area contributed by atoms with Gasteiger partial charge in [-0.25, -0.2) is 4.98 Å². The molecule has 1 N–H and O–H groups in total. The number of rotatable bonds is 6. The molecule has 1 aliphatic heterocycles. The van der Waals surface area contributed by atoms with Gasteiger partial charge in [-0.1, -0.05) is 34.6 Å². The number of amides is 1. The highest BCUT2D eigenvalue weighted by Crippen LogP contribution is 2.27. The predicted octanol–water partition coefficient (Wildman–Crippen LogP) is 4.28. The molecule has 0 radical (unpaired) electrons. The van der Waals surface area contributed by atoms with Crippen LogP contribution >= 0.6 is 0 Å². The van der Waals surface area contributed by atoms with E-state index in [1.54, 1.807) is 0 Å². The summed E-state index contributed by atoms with van der Waals surface area (Å²) in [5.41, 5.74) is 1.97. The minimum atomic E-state index is -0.521. The summed E-state index contributed by atoms with van der Waals surface area (Å²) in [5.74, 6) is 0.595. The summed E-state index contributed by atoms with van der Waals surface area (Å²) in [6, 6.07) is 5.50. The zero-order valence-electron chi connectivity index (χ0n) is 16.9. The summed E-state index contributed by atoms with van der Waals surface area (Å²) < 4.78 is 17.3. The molecular formula is C21H30N2O4. The van der Waals surface area contributed by atoms with E-state index in [0.29, 0.717) is 23.8 Å². The number of oxazole rings is 1. The van der Waals surface area contributed by atoms with Crippen LogP contribution in [0.25, 0.3) is 11.1 Å². The van der Waals surface area contributed by atoms with Crippen LogP contribution in [0.2, 0.25) is 0 Å². The van der Waals surface area contributed by atoms with Crippen molar-refractivity contribution < 1.29 is 18.7 Å². The molecule has 6 heteroatoms. The van der Waals surface area contributed by atoms with Crippen molar-refractivity contribution in [3.05, 3.63) is 24.1 Å². The molecule has 2 aromatic rings. The zero-order valence-corrected chi connectivity index (χ0v) is 16.9. The molecule has 1 saturated heterocycles. The number of carbonyl (C=O) groups is 1. The topological polar surface area (TPSA) is 73.6 Å². The minimum absolute atomic E-state index is 0.0645. The number of fused-ring (bicyclic) bond motifs is 1. The van der Waals surface area contributed by atoms with Gasteiger partial charge < -0.3 is 19.2 Å². The highest BCUT2D eigenvalue weighted by atomic mass is 16.5. The molecule has 1 aromatic carbocycles. The summed E-state index contributed by atoms with van der Waals surface area (Å²) in [4.78, 5) is 17.3. The van der Waals surface area contributed by atoms with Crippen LogP contribution in [0.5, 0.6) is 0 Å². The minimum Gasteiger partial charge on any atom is -0.440 e. The van der Waals surface area contributed by atoms with Gasteiger partial charge in [-0.15, -0.1) is 0 Å². The van der Waals surface area contributed by atoms with Gasteiger partial charge in [0.2, 0.25) is 5.89 Å². The average molecular weight is 374 g/mol. The van der Waals surface area contributed by atoms with E-state index in [2.05, 4.69) is 31.1 Å². The molecule has 1 fully saturated rings. The lowest BCUT2D eigenvalue weighted by molar-refractivity contribution is -0.132. The highest BCUT2D eigenvalue weighted by molar-refractivity contribution is 5.95. The number of hydrogen-bond acceptors (Lipinski definition) is 5. The number of aromatic nitrogens is 1. The number of benzene rings is 1. The maximum atomic E-state index is 12.7. The molecule has 1 amide bonds. The van der Waals surface area contributed by atoms with Gasteiger partial charge in [-0.05, 0) is 37.0 Å². The Morgan fingerprint density at radius 2 is 2.15 bits per heavy atom. The monoisotopic (exact) mass is 374 g/mol. The second-order valence-corrected chi connectivity index (χ2v) is 8.57. The number of anilines is 1. The average Bonchev–Trinajstić information content (AvgIpc) is 3.22. The van der Waals surface area contributed by atoms with Crippen LogP contribution in [0.3, 0.4) is 0 Å². The van der Waals surface area contributed by atoms with E-state index in [4.69, 9.17) is 13.9 Å². The van der Waals surface area contributed by atoms with E-state index in [1.807, 2.05) is 32.0 Å². The van der Waals surface area contributed by atoms with E-state index in [1.165, 1.54) is 0 Å². The van der Waals surface area contributed by atoms with E-state index in [-0.39, 0.29) is 23.3 Å². The Kier molecular flexibility index (Phi) is 5.86. The molecule has 0 unspecified atom stereocenters. The van der Waals surface area contributed by atoms with Crippen molar-refractivity contribution in [2.75, 3.05) is 18.5 Å². The molecule has 2 heterocycles. The number of hydrogen-bond donors (Lipinski definition) is 1. The van der Waals surface area contributed by atoms with Crippen LogP contribution in [0, 0.1) is 5.92 Å². The zero-order chi connectivity index (χ0) is 19.6. The lowest BCUT2D eigenvalue weighted by Gasteiger charge is -2.22. The molecule has 6 nitrogen and oxygen atoms in total. The number of ether oxygens (including phenoxy) is 2. The molecule has 3 rings (SSSR count). The molecule has 1 aromatic heterocycles. The van der Waals surface area contributed by atoms with E-state index >= 15 is 0 Å². The van der Waals surface area contributed by atoms with Gasteiger partial charge in [0, 0.05) is 17.7 Å². The van der Waals surface area contributed by atoms with Crippen LogP contribution in [0.4, 0.5) is 5.69 Å². The Hall–Kier alpha value is -1.92. The summed E-state index contributed by atoms with van der Waals surface area (Å²) in [5, 5.41) is 2.95. The first-order valence-electron chi connectivity index (χ1n) is 9.69. The summed E-state index contributed by atoms with van der Waals surface area (Å²) in [6.07, 6.45) is 1.63. The lowest BCUT2D eigenvalue weighted by atomic mass is 9.97. The Morgan fingerprint density at radius 3 is 2.78 bits per heavy atom. The van der Waals surface area contributed by atoms with Crippen molar-refractivity contribution in [3.8, 4) is 0 Å². The van der Waals surface area contributed by atoms with Crippen molar-refractivity contribution >= 4 is 22.7 Å². The molecule has 0 saturated carbocycles. The molecule has 2 atom stereocenters. The summed E-state index contributed by atoms with van der Waals surface area (Å²) in [6.45, 7) is 11.4. The van der Waals surface area contributed by atoms with E-state index in [0.717, 1.165) is 25.0 Å². The third-order valence-electron chi connectivity index (χ3n) is 4.65. The fourth-order valence-electron chi connectivity index (χ4n) is 3.10. The van der Waals surface area contributed by atoms with Crippen LogP contribution in [-0.4, -0.2) is 36.3 Å². The van der Waals surface area contributed by atoms with Crippen molar-refractivity contribution in [3.63, 3.8) is 0 Å². The fraction of sp³-hybridized carbons (Fsp3) is 0.619. The maximum Gasteiger partial charge on any atom is 0.253 e.